The third-order valence-corrected chi connectivity index (χ3v) is 4.02. The number of piperidine rings is 1. The van der Waals surface area contributed by atoms with E-state index in [1.165, 1.54) is 50.0 Å². The van der Waals surface area contributed by atoms with Gasteiger partial charge in [-0.25, -0.2) is 0 Å². The van der Waals surface area contributed by atoms with E-state index in [0.717, 1.165) is 6.54 Å². The molecule has 0 aromatic heterocycles. The van der Waals surface area contributed by atoms with Gasteiger partial charge in [-0.15, -0.1) is 0 Å². The van der Waals surface area contributed by atoms with E-state index in [2.05, 4.69) is 41.4 Å². The van der Waals surface area contributed by atoms with Gasteiger partial charge in [0.05, 0.1) is 6.61 Å². The highest BCUT2D eigenvalue weighted by Gasteiger charge is 2.17. The minimum atomic E-state index is 0.675. The van der Waals surface area contributed by atoms with Gasteiger partial charge in [0, 0.05) is 19.7 Å². The summed E-state index contributed by atoms with van der Waals surface area (Å²) in [6.45, 7) is 7.67. The average Bonchev–Trinajstić information content (AvgIpc) is 2.48. The number of nitrogens with zero attached hydrogens (tertiary/aromatic N) is 1. The molecule has 1 aliphatic rings. The third-order valence-electron chi connectivity index (χ3n) is 4.02. The second-order valence-electron chi connectivity index (χ2n) is 5.75. The molecule has 0 radical (unpaired) electrons. The standard InChI is InChI=1S/C17H28N2O/c1-3-9-19-10-7-17(8-11-19)18-13-15-5-4-6-16(12-15)14-20-2/h4-6,12,17-18H,3,7-11,13-14H2,1-2H3. The maximum Gasteiger partial charge on any atom is 0.0713 e. The molecule has 112 valence electrons. The summed E-state index contributed by atoms with van der Waals surface area (Å²) in [5, 5.41) is 3.70. The van der Waals surface area contributed by atoms with Gasteiger partial charge in [-0.05, 0) is 50.0 Å². The van der Waals surface area contributed by atoms with E-state index in [-0.39, 0.29) is 0 Å². The molecule has 0 amide bonds. The predicted octanol–water partition coefficient (Wildman–Crippen LogP) is 2.80. The quantitative estimate of drug-likeness (QED) is 0.829. The third kappa shape index (κ3) is 4.89. The van der Waals surface area contributed by atoms with Crippen molar-refractivity contribution in [1.29, 1.82) is 0 Å². The second kappa shape index (κ2) is 8.40. The Balaban J connectivity index is 1.74. The minimum Gasteiger partial charge on any atom is -0.380 e. The van der Waals surface area contributed by atoms with Crippen molar-refractivity contribution in [3.8, 4) is 0 Å². The van der Waals surface area contributed by atoms with Gasteiger partial charge >= 0.3 is 0 Å². The van der Waals surface area contributed by atoms with E-state index in [1.54, 1.807) is 7.11 Å². The van der Waals surface area contributed by atoms with E-state index in [9.17, 15) is 0 Å². The summed E-state index contributed by atoms with van der Waals surface area (Å²) in [5.74, 6) is 0. The fraction of sp³-hybridized carbons (Fsp3) is 0.647. The Bertz CT molecular complexity index is 386. The molecule has 1 saturated heterocycles. The molecule has 0 unspecified atom stereocenters. The summed E-state index contributed by atoms with van der Waals surface area (Å²) < 4.78 is 5.19. The smallest absolute Gasteiger partial charge is 0.0713 e. The molecular weight excluding hydrogens is 248 g/mol. The van der Waals surface area contributed by atoms with Crippen LogP contribution in [-0.2, 0) is 17.9 Å². The highest BCUT2D eigenvalue weighted by atomic mass is 16.5. The zero-order valence-corrected chi connectivity index (χ0v) is 12.9. The lowest BCUT2D eigenvalue weighted by Gasteiger charge is -2.32. The van der Waals surface area contributed by atoms with Crippen LogP contribution in [0.2, 0.25) is 0 Å². The molecule has 0 saturated carbocycles. The van der Waals surface area contributed by atoms with Crippen molar-refractivity contribution < 1.29 is 4.74 Å². The predicted molar refractivity (Wildman–Crippen MR) is 83.7 cm³/mol. The summed E-state index contributed by atoms with van der Waals surface area (Å²) in [7, 11) is 1.75. The average molecular weight is 276 g/mol. The lowest BCUT2D eigenvalue weighted by Crippen LogP contribution is -2.42. The summed E-state index contributed by atoms with van der Waals surface area (Å²) in [5.41, 5.74) is 2.61. The summed E-state index contributed by atoms with van der Waals surface area (Å²) >= 11 is 0. The van der Waals surface area contributed by atoms with Crippen LogP contribution in [0.4, 0.5) is 0 Å². The zero-order chi connectivity index (χ0) is 14.2. The maximum atomic E-state index is 5.19. The van der Waals surface area contributed by atoms with Gasteiger partial charge in [0.15, 0.2) is 0 Å². The van der Waals surface area contributed by atoms with E-state index >= 15 is 0 Å². The van der Waals surface area contributed by atoms with Crippen LogP contribution in [-0.4, -0.2) is 37.7 Å². The molecule has 1 aromatic rings. The molecule has 1 aliphatic heterocycles. The molecule has 0 spiro atoms. The fourth-order valence-corrected chi connectivity index (χ4v) is 2.94. The second-order valence-corrected chi connectivity index (χ2v) is 5.75. The van der Waals surface area contributed by atoms with Crippen LogP contribution >= 0.6 is 0 Å². The Morgan fingerprint density at radius 2 is 2.00 bits per heavy atom. The van der Waals surface area contributed by atoms with Crippen LogP contribution in [0.5, 0.6) is 0 Å². The molecule has 1 N–H and O–H groups in total. The molecule has 20 heavy (non-hydrogen) atoms. The molecular formula is C17H28N2O. The fourth-order valence-electron chi connectivity index (χ4n) is 2.94. The van der Waals surface area contributed by atoms with Crippen LogP contribution in [0.3, 0.4) is 0 Å². The number of hydrogen-bond acceptors (Lipinski definition) is 3. The molecule has 0 aliphatic carbocycles. The van der Waals surface area contributed by atoms with Crippen molar-refractivity contribution in [1.82, 2.24) is 10.2 Å². The Hall–Kier alpha value is -0.900. The molecule has 0 atom stereocenters. The number of rotatable bonds is 7. The van der Waals surface area contributed by atoms with E-state index < -0.39 is 0 Å². The molecule has 1 heterocycles. The first kappa shape index (κ1) is 15.5. The van der Waals surface area contributed by atoms with Crippen molar-refractivity contribution in [3.05, 3.63) is 35.4 Å². The Labute approximate surface area is 123 Å². The number of benzene rings is 1. The number of methoxy groups -OCH3 is 1. The topological polar surface area (TPSA) is 24.5 Å². The molecule has 1 fully saturated rings. The normalized spacial score (nSPS) is 17.5. The molecule has 1 aromatic carbocycles. The highest BCUT2D eigenvalue weighted by Crippen LogP contribution is 2.12. The van der Waals surface area contributed by atoms with Crippen LogP contribution in [0, 0.1) is 0 Å². The minimum absolute atomic E-state index is 0.675. The van der Waals surface area contributed by atoms with Gasteiger partial charge in [0.25, 0.3) is 0 Å². The first-order valence-electron chi connectivity index (χ1n) is 7.84. The molecule has 3 heteroatoms. The molecule has 3 nitrogen and oxygen atoms in total. The van der Waals surface area contributed by atoms with Crippen LogP contribution in [0.25, 0.3) is 0 Å². The van der Waals surface area contributed by atoms with E-state index in [0.29, 0.717) is 12.6 Å². The van der Waals surface area contributed by atoms with Crippen molar-refractivity contribution in [2.45, 2.75) is 45.4 Å². The summed E-state index contributed by atoms with van der Waals surface area (Å²) in [6.07, 6.45) is 3.82. The lowest BCUT2D eigenvalue weighted by molar-refractivity contribution is 0.184. The first-order valence-corrected chi connectivity index (χ1v) is 7.84. The molecule has 0 bridgehead atoms. The monoisotopic (exact) mass is 276 g/mol. The maximum absolute atomic E-state index is 5.19. The van der Waals surface area contributed by atoms with Crippen molar-refractivity contribution in [2.24, 2.45) is 0 Å². The number of likely N-dealkylation sites (tertiary alicyclic amines) is 1. The van der Waals surface area contributed by atoms with Gasteiger partial charge < -0.3 is 15.0 Å². The zero-order valence-electron chi connectivity index (χ0n) is 12.9. The molecule has 2 rings (SSSR count). The van der Waals surface area contributed by atoms with Crippen LogP contribution < -0.4 is 5.32 Å². The largest absolute Gasteiger partial charge is 0.380 e. The van der Waals surface area contributed by atoms with Crippen molar-refractivity contribution in [2.75, 3.05) is 26.7 Å². The van der Waals surface area contributed by atoms with Gasteiger partial charge in [-0.1, -0.05) is 31.2 Å². The lowest BCUT2D eigenvalue weighted by atomic mass is 10.0. The number of hydrogen-bond donors (Lipinski definition) is 1. The summed E-state index contributed by atoms with van der Waals surface area (Å²) in [6, 6.07) is 9.35. The van der Waals surface area contributed by atoms with Crippen LogP contribution in [0.15, 0.2) is 24.3 Å². The van der Waals surface area contributed by atoms with Crippen LogP contribution in [0.1, 0.15) is 37.3 Å². The van der Waals surface area contributed by atoms with Gasteiger partial charge in [-0.2, -0.15) is 0 Å². The van der Waals surface area contributed by atoms with Gasteiger partial charge in [0.2, 0.25) is 0 Å². The number of nitrogens with one attached hydrogen (secondary N) is 1. The summed E-state index contributed by atoms with van der Waals surface area (Å²) in [4.78, 5) is 2.58. The Morgan fingerprint density at radius 3 is 2.70 bits per heavy atom. The van der Waals surface area contributed by atoms with E-state index in [4.69, 9.17) is 4.74 Å². The highest BCUT2D eigenvalue weighted by molar-refractivity contribution is 5.22. The van der Waals surface area contributed by atoms with Crippen molar-refractivity contribution >= 4 is 0 Å². The van der Waals surface area contributed by atoms with Gasteiger partial charge in [0.1, 0.15) is 0 Å². The Kier molecular flexibility index (Phi) is 6.51. The van der Waals surface area contributed by atoms with Gasteiger partial charge in [-0.3, -0.25) is 0 Å². The van der Waals surface area contributed by atoms with E-state index in [1.807, 2.05) is 0 Å². The first-order chi connectivity index (χ1) is 9.81. The SMILES string of the molecule is CCCN1CCC(NCc2cccc(COC)c2)CC1. The number of ether oxygens (including phenoxy) is 1. The van der Waals surface area contributed by atoms with Crippen molar-refractivity contribution in [3.63, 3.8) is 0 Å². The Morgan fingerprint density at radius 1 is 1.25 bits per heavy atom.